The standard InChI is InChI=1S/C30H35N3O5S/c1-6-23-27(29(35)37-5)28(33-22(18-39-30(33)32-23)15-26(34)31-16-19(2)3)21-12-13-24(25(14-21)36-4)38-17-20-10-8-7-9-11-20/h7-14,18-19,28H,6,15-17H2,1-5H3,(H,31,34). The number of hydrogen-bond acceptors (Lipinski definition) is 8. The minimum Gasteiger partial charge on any atom is -0.493 e. The van der Waals surface area contributed by atoms with Gasteiger partial charge in [-0.05, 0) is 41.0 Å². The van der Waals surface area contributed by atoms with Crippen LogP contribution in [-0.4, -0.2) is 42.7 Å². The van der Waals surface area contributed by atoms with E-state index in [4.69, 9.17) is 19.2 Å². The summed E-state index contributed by atoms with van der Waals surface area (Å²) in [6.07, 6.45) is 0.721. The summed E-state index contributed by atoms with van der Waals surface area (Å²) in [4.78, 5) is 32.7. The smallest absolute Gasteiger partial charge is 0.338 e. The molecule has 2 aliphatic heterocycles. The predicted octanol–water partition coefficient (Wildman–Crippen LogP) is 5.57. The molecule has 0 spiro atoms. The molecule has 1 atom stereocenters. The molecule has 0 saturated heterocycles. The van der Waals surface area contributed by atoms with Crippen LogP contribution in [0.2, 0.25) is 0 Å². The highest BCUT2D eigenvalue weighted by Crippen LogP contribution is 2.46. The van der Waals surface area contributed by atoms with E-state index in [-0.39, 0.29) is 12.3 Å². The molecule has 1 amide bonds. The zero-order chi connectivity index (χ0) is 27.9. The summed E-state index contributed by atoms with van der Waals surface area (Å²) in [6.45, 7) is 7.06. The second-order valence-corrected chi connectivity index (χ2v) is 10.5. The van der Waals surface area contributed by atoms with E-state index >= 15 is 0 Å². The van der Waals surface area contributed by atoms with E-state index in [9.17, 15) is 9.59 Å². The Balaban J connectivity index is 1.70. The average molecular weight is 550 g/mol. The molecule has 206 valence electrons. The zero-order valence-corrected chi connectivity index (χ0v) is 23.8. The molecule has 1 unspecified atom stereocenters. The fourth-order valence-corrected chi connectivity index (χ4v) is 5.42. The fraction of sp³-hybridized carbons (Fsp3) is 0.367. The zero-order valence-electron chi connectivity index (χ0n) is 23.0. The van der Waals surface area contributed by atoms with E-state index in [0.29, 0.717) is 48.3 Å². The van der Waals surface area contributed by atoms with Crippen LogP contribution in [-0.2, 0) is 20.9 Å². The summed E-state index contributed by atoms with van der Waals surface area (Å²) >= 11 is 1.45. The molecule has 0 aliphatic carbocycles. The molecule has 0 bridgehead atoms. The Bertz CT molecular complexity index is 1300. The number of nitrogens with one attached hydrogen (secondary N) is 1. The van der Waals surface area contributed by atoms with Gasteiger partial charge in [-0.25, -0.2) is 9.79 Å². The second kappa shape index (κ2) is 12.9. The van der Waals surface area contributed by atoms with Crippen LogP contribution >= 0.6 is 11.8 Å². The van der Waals surface area contributed by atoms with Crippen LogP contribution < -0.4 is 14.8 Å². The molecule has 2 aromatic rings. The van der Waals surface area contributed by atoms with Gasteiger partial charge in [0.15, 0.2) is 16.7 Å². The molecule has 4 rings (SSSR count). The highest BCUT2D eigenvalue weighted by atomic mass is 32.2. The Hall–Kier alpha value is -3.72. The average Bonchev–Trinajstić information content (AvgIpc) is 3.35. The molecule has 1 N–H and O–H groups in total. The molecule has 39 heavy (non-hydrogen) atoms. The van der Waals surface area contributed by atoms with Crippen molar-refractivity contribution in [3.8, 4) is 11.5 Å². The third kappa shape index (κ3) is 6.47. The molecule has 0 saturated carbocycles. The van der Waals surface area contributed by atoms with Crippen molar-refractivity contribution in [1.82, 2.24) is 10.2 Å². The van der Waals surface area contributed by atoms with Crippen LogP contribution in [0.25, 0.3) is 0 Å². The number of amidine groups is 1. The number of allylic oxidation sites excluding steroid dienone is 1. The van der Waals surface area contributed by atoms with E-state index in [1.165, 1.54) is 18.9 Å². The van der Waals surface area contributed by atoms with Gasteiger partial charge in [-0.2, -0.15) is 0 Å². The molecule has 0 radical (unpaired) electrons. The molecular weight excluding hydrogens is 514 g/mol. The normalized spacial score (nSPS) is 16.5. The number of nitrogens with zero attached hydrogens (tertiary/aromatic N) is 2. The highest BCUT2D eigenvalue weighted by molar-refractivity contribution is 8.16. The van der Waals surface area contributed by atoms with Gasteiger partial charge < -0.3 is 24.4 Å². The van der Waals surface area contributed by atoms with Gasteiger partial charge in [-0.3, -0.25) is 4.79 Å². The second-order valence-electron chi connectivity index (χ2n) is 9.66. The summed E-state index contributed by atoms with van der Waals surface area (Å²) < 4.78 is 17.0. The Morgan fingerprint density at radius 1 is 1.10 bits per heavy atom. The number of benzene rings is 2. The number of ether oxygens (including phenoxy) is 3. The quantitative estimate of drug-likeness (QED) is 0.366. The maximum Gasteiger partial charge on any atom is 0.338 e. The van der Waals surface area contributed by atoms with Crippen LogP contribution in [0.4, 0.5) is 0 Å². The van der Waals surface area contributed by atoms with Crippen LogP contribution in [0.15, 0.2) is 75.9 Å². The number of thioether (sulfide) groups is 1. The third-order valence-corrected chi connectivity index (χ3v) is 7.31. The first-order valence-corrected chi connectivity index (χ1v) is 13.9. The topological polar surface area (TPSA) is 89.5 Å². The summed E-state index contributed by atoms with van der Waals surface area (Å²) in [5.41, 5.74) is 3.71. The number of rotatable bonds is 11. The van der Waals surface area contributed by atoms with Crippen molar-refractivity contribution in [2.45, 2.75) is 46.3 Å². The summed E-state index contributed by atoms with van der Waals surface area (Å²) in [6, 6.07) is 15.0. The minimum absolute atomic E-state index is 0.0809. The molecule has 2 heterocycles. The number of hydrogen-bond donors (Lipinski definition) is 1. The van der Waals surface area contributed by atoms with Gasteiger partial charge in [0, 0.05) is 12.2 Å². The van der Waals surface area contributed by atoms with Crippen LogP contribution in [0.1, 0.15) is 50.8 Å². The van der Waals surface area contributed by atoms with Crippen LogP contribution in [0.3, 0.4) is 0 Å². The molecule has 2 aliphatic rings. The van der Waals surface area contributed by atoms with Crippen molar-refractivity contribution < 1.29 is 23.8 Å². The summed E-state index contributed by atoms with van der Waals surface area (Å²) in [5.74, 6) is 0.943. The summed E-state index contributed by atoms with van der Waals surface area (Å²) in [5, 5.41) is 5.64. The van der Waals surface area contributed by atoms with Crippen molar-refractivity contribution >= 4 is 28.8 Å². The lowest BCUT2D eigenvalue weighted by molar-refractivity contribution is -0.136. The Labute approximate surface area is 234 Å². The number of fused-ring (bicyclic) bond motifs is 1. The first kappa shape index (κ1) is 28.3. The molecule has 8 nitrogen and oxygen atoms in total. The third-order valence-electron chi connectivity index (χ3n) is 6.42. The Morgan fingerprint density at radius 3 is 2.54 bits per heavy atom. The van der Waals surface area contributed by atoms with Crippen molar-refractivity contribution in [3.63, 3.8) is 0 Å². The minimum atomic E-state index is -0.545. The van der Waals surface area contributed by atoms with Gasteiger partial charge in [-0.1, -0.05) is 68.9 Å². The fourth-order valence-electron chi connectivity index (χ4n) is 4.48. The van der Waals surface area contributed by atoms with Crippen molar-refractivity contribution in [2.24, 2.45) is 10.9 Å². The molecule has 0 fully saturated rings. The number of methoxy groups -OCH3 is 2. The molecule has 9 heteroatoms. The number of carbonyl (C=O) groups is 2. The van der Waals surface area contributed by atoms with Crippen molar-refractivity contribution in [1.29, 1.82) is 0 Å². The maximum atomic E-state index is 13.2. The lowest BCUT2D eigenvalue weighted by Gasteiger charge is -2.36. The Kier molecular flexibility index (Phi) is 9.35. The van der Waals surface area contributed by atoms with Gasteiger partial charge in [0.2, 0.25) is 5.91 Å². The first-order valence-electron chi connectivity index (χ1n) is 13.0. The number of esters is 1. The van der Waals surface area contributed by atoms with E-state index in [1.807, 2.05) is 65.8 Å². The van der Waals surface area contributed by atoms with E-state index < -0.39 is 12.0 Å². The lowest BCUT2D eigenvalue weighted by Crippen LogP contribution is -2.38. The van der Waals surface area contributed by atoms with Crippen LogP contribution in [0.5, 0.6) is 11.5 Å². The Morgan fingerprint density at radius 2 is 1.87 bits per heavy atom. The van der Waals surface area contributed by atoms with Crippen molar-refractivity contribution in [2.75, 3.05) is 20.8 Å². The maximum absolute atomic E-state index is 13.2. The van der Waals surface area contributed by atoms with Crippen molar-refractivity contribution in [3.05, 3.63) is 82.0 Å². The van der Waals surface area contributed by atoms with Gasteiger partial charge in [0.05, 0.1) is 38.0 Å². The number of carbonyl (C=O) groups excluding carboxylic acids is 2. The van der Waals surface area contributed by atoms with Gasteiger partial charge >= 0.3 is 5.97 Å². The summed E-state index contributed by atoms with van der Waals surface area (Å²) in [7, 11) is 2.96. The first-order chi connectivity index (χ1) is 18.9. The molecule has 2 aromatic carbocycles. The largest absolute Gasteiger partial charge is 0.493 e. The molecular formula is C30H35N3O5S. The lowest BCUT2D eigenvalue weighted by atomic mass is 9.92. The van der Waals surface area contributed by atoms with Gasteiger partial charge in [0.1, 0.15) is 6.61 Å². The van der Waals surface area contributed by atoms with E-state index in [2.05, 4.69) is 19.2 Å². The number of aliphatic imine (C=N–C) groups is 1. The molecule has 0 aromatic heterocycles. The highest BCUT2D eigenvalue weighted by Gasteiger charge is 2.41. The van der Waals surface area contributed by atoms with E-state index in [0.717, 1.165) is 22.0 Å². The van der Waals surface area contributed by atoms with E-state index in [1.54, 1.807) is 7.11 Å². The SMILES string of the molecule is CCC1=C(C(=O)OC)C(c2ccc(OCc3ccccc3)c(OC)c2)N2C(CC(=O)NCC(C)C)=CSC2=N1. The van der Waals surface area contributed by atoms with Gasteiger partial charge in [0.25, 0.3) is 0 Å². The predicted molar refractivity (Wildman–Crippen MR) is 153 cm³/mol. The monoisotopic (exact) mass is 549 g/mol. The van der Waals surface area contributed by atoms with Crippen LogP contribution in [0, 0.1) is 5.92 Å². The van der Waals surface area contributed by atoms with Gasteiger partial charge in [-0.15, -0.1) is 0 Å². The number of amides is 1.